The average molecular weight is 187 g/mol. The van der Waals surface area contributed by atoms with Crippen molar-refractivity contribution in [3.63, 3.8) is 0 Å². The fourth-order valence-corrected chi connectivity index (χ4v) is 1.84. The van der Waals surface area contributed by atoms with Gasteiger partial charge in [-0.05, 0) is 25.0 Å². The lowest BCUT2D eigenvalue weighted by molar-refractivity contribution is 0.458. The minimum absolute atomic E-state index is 0.796. The van der Waals surface area contributed by atoms with Crippen molar-refractivity contribution in [2.75, 3.05) is 18.6 Å². The Morgan fingerprint density at radius 2 is 2.25 bits per heavy atom. The van der Waals surface area contributed by atoms with Crippen molar-refractivity contribution >= 4 is 11.8 Å². The quantitative estimate of drug-likeness (QED) is 0.615. The van der Waals surface area contributed by atoms with Crippen LogP contribution in [-0.4, -0.2) is 24.6 Å². The van der Waals surface area contributed by atoms with E-state index in [9.17, 15) is 0 Å². The van der Waals surface area contributed by atoms with Gasteiger partial charge in [0.15, 0.2) is 0 Å². The topological polar surface area (TPSA) is 12.0 Å². The summed E-state index contributed by atoms with van der Waals surface area (Å²) in [6.07, 6.45) is 7.86. The molecule has 1 saturated carbocycles. The first-order chi connectivity index (χ1) is 5.86. The van der Waals surface area contributed by atoms with E-state index in [1.807, 2.05) is 11.8 Å². The number of thioether (sulfide) groups is 1. The molecule has 1 aliphatic carbocycles. The molecular weight excluding hydrogens is 166 g/mol. The largest absolute Gasteiger partial charge is 0.313 e. The third-order valence-corrected chi connectivity index (χ3v) is 3.16. The van der Waals surface area contributed by atoms with Gasteiger partial charge in [-0.25, -0.2) is 0 Å². The highest BCUT2D eigenvalue weighted by Crippen LogP contribution is 2.33. The van der Waals surface area contributed by atoms with Crippen molar-refractivity contribution in [3.8, 4) is 0 Å². The Bertz CT molecular complexity index is 112. The summed E-state index contributed by atoms with van der Waals surface area (Å²) in [5.74, 6) is 2.32. The highest BCUT2D eigenvalue weighted by molar-refractivity contribution is 7.98. The Kier molecular flexibility index (Phi) is 5.08. The number of rotatable bonds is 7. The van der Waals surface area contributed by atoms with Gasteiger partial charge in [0.2, 0.25) is 0 Å². The van der Waals surface area contributed by atoms with Gasteiger partial charge >= 0.3 is 0 Å². The second-order valence-corrected chi connectivity index (χ2v) is 4.72. The molecule has 1 N–H and O–H groups in total. The highest BCUT2D eigenvalue weighted by atomic mass is 32.2. The Morgan fingerprint density at radius 3 is 2.75 bits per heavy atom. The summed E-state index contributed by atoms with van der Waals surface area (Å²) in [6, 6.07) is 0.796. The number of hydrogen-bond donors (Lipinski definition) is 1. The first kappa shape index (κ1) is 10.4. The second kappa shape index (κ2) is 5.87. The van der Waals surface area contributed by atoms with Gasteiger partial charge in [-0.1, -0.05) is 19.8 Å². The molecule has 0 amide bonds. The van der Waals surface area contributed by atoms with E-state index in [-0.39, 0.29) is 0 Å². The molecule has 1 fully saturated rings. The third kappa shape index (κ3) is 4.36. The van der Waals surface area contributed by atoms with Crippen LogP contribution in [0, 0.1) is 5.92 Å². The molecule has 1 nitrogen and oxygen atoms in total. The monoisotopic (exact) mass is 187 g/mol. The Morgan fingerprint density at radius 1 is 1.50 bits per heavy atom. The molecule has 0 aliphatic heterocycles. The summed E-state index contributed by atoms with van der Waals surface area (Å²) >= 11 is 1.93. The van der Waals surface area contributed by atoms with Crippen LogP contribution in [0.2, 0.25) is 0 Å². The van der Waals surface area contributed by atoms with Gasteiger partial charge in [0.25, 0.3) is 0 Å². The third-order valence-electron chi connectivity index (χ3n) is 2.55. The molecule has 72 valence electrons. The van der Waals surface area contributed by atoms with E-state index >= 15 is 0 Å². The van der Waals surface area contributed by atoms with E-state index in [2.05, 4.69) is 18.5 Å². The maximum atomic E-state index is 3.62. The summed E-state index contributed by atoms with van der Waals surface area (Å²) in [6.45, 7) is 3.48. The lowest BCUT2D eigenvalue weighted by atomic mass is 10.1. The van der Waals surface area contributed by atoms with Crippen LogP contribution in [0.1, 0.15) is 32.6 Å². The van der Waals surface area contributed by atoms with Crippen molar-refractivity contribution in [2.45, 2.75) is 38.6 Å². The average Bonchev–Trinajstić information content (AvgIpc) is 2.87. The van der Waals surface area contributed by atoms with Crippen LogP contribution in [-0.2, 0) is 0 Å². The normalized spacial score (nSPS) is 19.5. The standard InChI is InChI=1S/C10H21NS/c1-3-10(8-9-4-5-9)11-6-7-12-2/h9-11H,3-8H2,1-2H3. The molecule has 0 aromatic heterocycles. The Hall–Kier alpha value is 0.310. The molecule has 1 unspecified atom stereocenters. The van der Waals surface area contributed by atoms with Crippen LogP contribution in [0.15, 0.2) is 0 Å². The maximum Gasteiger partial charge on any atom is 0.00674 e. The molecule has 0 aromatic carbocycles. The van der Waals surface area contributed by atoms with Gasteiger partial charge in [0.1, 0.15) is 0 Å². The summed E-state index contributed by atoms with van der Waals surface area (Å²) in [5.41, 5.74) is 0. The molecular formula is C10H21NS. The van der Waals surface area contributed by atoms with E-state index < -0.39 is 0 Å². The molecule has 1 rings (SSSR count). The smallest absolute Gasteiger partial charge is 0.00674 e. The van der Waals surface area contributed by atoms with Crippen LogP contribution in [0.25, 0.3) is 0 Å². The maximum absolute atomic E-state index is 3.62. The lowest BCUT2D eigenvalue weighted by Gasteiger charge is -2.15. The van der Waals surface area contributed by atoms with Crippen molar-refractivity contribution in [1.29, 1.82) is 0 Å². The van der Waals surface area contributed by atoms with Gasteiger partial charge in [0.05, 0.1) is 0 Å². The van der Waals surface area contributed by atoms with E-state index in [0.29, 0.717) is 0 Å². The van der Waals surface area contributed by atoms with Crippen LogP contribution in [0.5, 0.6) is 0 Å². The predicted octanol–water partition coefficient (Wildman–Crippen LogP) is 2.52. The van der Waals surface area contributed by atoms with Crippen LogP contribution < -0.4 is 5.32 Å². The molecule has 0 bridgehead atoms. The van der Waals surface area contributed by atoms with Gasteiger partial charge in [-0.3, -0.25) is 0 Å². The fraction of sp³-hybridized carbons (Fsp3) is 1.00. The molecule has 0 heterocycles. The van der Waals surface area contributed by atoms with Gasteiger partial charge in [0, 0.05) is 18.3 Å². The molecule has 2 heteroatoms. The van der Waals surface area contributed by atoms with E-state index in [0.717, 1.165) is 12.0 Å². The molecule has 1 aliphatic rings. The molecule has 0 saturated heterocycles. The highest BCUT2D eigenvalue weighted by Gasteiger charge is 2.24. The van der Waals surface area contributed by atoms with Crippen molar-refractivity contribution in [2.24, 2.45) is 5.92 Å². The van der Waals surface area contributed by atoms with Gasteiger partial charge in [-0.2, -0.15) is 11.8 Å². The molecule has 12 heavy (non-hydrogen) atoms. The van der Waals surface area contributed by atoms with Crippen LogP contribution >= 0.6 is 11.8 Å². The van der Waals surface area contributed by atoms with E-state index in [4.69, 9.17) is 0 Å². The van der Waals surface area contributed by atoms with Gasteiger partial charge < -0.3 is 5.32 Å². The zero-order chi connectivity index (χ0) is 8.81. The summed E-state index contributed by atoms with van der Waals surface area (Å²) in [7, 11) is 0. The summed E-state index contributed by atoms with van der Waals surface area (Å²) < 4.78 is 0. The fourth-order valence-electron chi connectivity index (χ4n) is 1.52. The zero-order valence-corrected chi connectivity index (χ0v) is 9.12. The SMILES string of the molecule is CCC(CC1CC1)NCCSC. The first-order valence-electron chi connectivity index (χ1n) is 5.09. The second-order valence-electron chi connectivity index (χ2n) is 3.73. The lowest BCUT2D eigenvalue weighted by Crippen LogP contribution is -2.30. The molecule has 1 atom stereocenters. The molecule has 0 radical (unpaired) electrons. The molecule has 0 aromatic rings. The minimum atomic E-state index is 0.796. The van der Waals surface area contributed by atoms with Crippen LogP contribution in [0.3, 0.4) is 0 Å². The first-order valence-corrected chi connectivity index (χ1v) is 6.48. The van der Waals surface area contributed by atoms with Crippen LogP contribution in [0.4, 0.5) is 0 Å². The van der Waals surface area contributed by atoms with Gasteiger partial charge in [-0.15, -0.1) is 0 Å². The molecule has 0 spiro atoms. The zero-order valence-electron chi connectivity index (χ0n) is 8.31. The summed E-state index contributed by atoms with van der Waals surface area (Å²) in [4.78, 5) is 0. The van der Waals surface area contributed by atoms with Crippen molar-refractivity contribution < 1.29 is 0 Å². The predicted molar refractivity (Wildman–Crippen MR) is 57.8 cm³/mol. The van der Waals surface area contributed by atoms with E-state index in [1.54, 1.807) is 0 Å². The van der Waals surface area contributed by atoms with Crippen molar-refractivity contribution in [1.82, 2.24) is 5.32 Å². The van der Waals surface area contributed by atoms with E-state index in [1.165, 1.54) is 38.0 Å². The van der Waals surface area contributed by atoms with Crippen molar-refractivity contribution in [3.05, 3.63) is 0 Å². The number of nitrogens with one attached hydrogen (secondary N) is 1. The number of hydrogen-bond acceptors (Lipinski definition) is 2. The Labute approximate surface area is 80.7 Å². The minimum Gasteiger partial charge on any atom is -0.313 e. The Balaban J connectivity index is 1.98. The summed E-state index contributed by atoms with van der Waals surface area (Å²) in [5, 5.41) is 3.62.